The second-order valence-corrected chi connectivity index (χ2v) is 3.87. The topological polar surface area (TPSA) is 39.1 Å². The van der Waals surface area contributed by atoms with Gasteiger partial charge in [-0.1, -0.05) is 0 Å². The number of hydrogen-bond donors (Lipinski definition) is 1. The van der Waals surface area contributed by atoms with Crippen LogP contribution in [0.25, 0.3) is 0 Å². The SMILES string of the molecule is CNC(C#N)C(C)N1CCCC1C. The van der Waals surface area contributed by atoms with E-state index in [-0.39, 0.29) is 6.04 Å². The van der Waals surface area contributed by atoms with Gasteiger partial charge in [-0.15, -0.1) is 0 Å². The summed E-state index contributed by atoms with van der Waals surface area (Å²) in [5.74, 6) is 0. The molecule has 0 bridgehead atoms. The highest BCUT2D eigenvalue weighted by Crippen LogP contribution is 2.20. The minimum atomic E-state index is -0.0412. The third-order valence-corrected chi connectivity index (χ3v) is 3.06. The minimum Gasteiger partial charge on any atom is -0.304 e. The molecule has 1 aliphatic heterocycles. The van der Waals surface area contributed by atoms with Crippen molar-refractivity contribution >= 4 is 0 Å². The number of nitriles is 1. The van der Waals surface area contributed by atoms with Crippen LogP contribution in [0.1, 0.15) is 26.7 Å². The summed E-state index contributed by atoms with van der Waals surface area (Å²) >= 11 is 0. The van der Waals surface area contributed by atoms with Crippen LogP contribution >= 0.6 is 0 Å². The quantitative estimate of drug-likeness (QED) is 0.705. The fourth-order valence-corrected chi connectivity index (χ4v) is 2.17. The second kappa shape index (κ2) is 4.59. The van der Waals surface area contributed by atoms with E-state index < -0.39 is 0 Å². The molecule has 3 heteroatoms. The van der Waals surface area contributed by atoms with Crippen LogP contribution in [-0.4, -0.2) is 36.6 Å². The normalized spacial score (nSPS) is 28.3. The molecule has 0 aromatic heterocycles. The number of likely N-dealkylation sites (N-methyl/N-ethyl adjacent to an activating group) is 1. The molecule has 0 amide bonds. The molecule has 0 radical (unpaired) electrons. The Morgan fingerprint density at radius 3 is 2.69 bits per heavy atom. The molecule has 1 rings (SSSR count). The molecule has 0 aromatic carbocycles. The molecule has 3 unspecified atom stereocenters. The van der Waals surface area contributed by atoms with Crippen molar-refractivity contribution < 1.29 is 0 Å². The molecule has 1 aliphatic rings. The Bertz CT molecular complexity index is 197. The average Bonchev–Trinajstić information content (AvgIpc) is 2.53. The van der Waals surface area contributed by atoms with E-state index in [0.29, 0.717) is 12.1 Å². The fourth-order valence-electron chi connectivity index (χ4n) is 2.17. The Balaban J connectivity index is 2.55. The zero-order valence-corrected chi connectivity index (χ0v) is 8.75. The summed E-state index contributed by atoms with van der Waals surface area (Å²) in [5, 5.41) is 12.0. The van der Waals surface area contributed by atoms with Crippen LogP contribution in [0.4, 0.5) is 0 Å². The Labute approximate surface area is 80.7 Å². The van der Waals surface area contributed by atoms with E-state index in [1.54, 1.807) is 0 Å². The summed E-state index contributed by atoms with van der Waals surface area (Å²) in [6, 6.07) is 3.22. The highest BCUT2D eigenvalue weighted by atomic mass is 15.2. The lowest BCUT2D eigenvalue weighted by molar-refractivity contribution is 0.183. The number of hydrogen-bond acceptors (Lipinski definition) is 3. The summed E-state index contributed by atoms with van der Waals surface area (Å²) in [6.07, 6.45) is 2.54. The lowest BCUT2D eigenvalue weighted by atomic mass is 10.1. The van der Waals surface area contributed by atoms with Crippen molar-refractivity contribution in [3.8, 4) is 6.07 Å². The van der Waals surface area contributed by atoms with E-state index in [1.807, 2.05) is 7.05 Å². The summed E-state index contributed by atoms with van der Waals surface area (Å²) in [5.41, 5.74) is 0. The van der Waals surface area contributed by atoms with Crippen molar-refractivity contribution in [2.24, 2.45) is 0 Å². The van der Waals surface area contributed by atoms with Gasteiger partial charge in [0.25, 0.3) is 0 Å². The van der Waals surface area contributed by atoms with Crippen molar-refractivity contribution in [2.45, 2.75) is 44.8 Å². The van der Waals surface area contributed by atoms with Crippen LogP contribution in [0.5, 0.6) is 0 Å². The summed E-state index contributed by atoms with van der Waals surface area (Å²) in [7, 11) is 1.85. The predicted octanol–water partition coefficient (Wildman–Crippen LogP) is 0.971. The van der Waals surface area contributed by atoms with Gasteiger partial charge in [-0.25, -0.2) is 0 Å². The molecular weight excluding hydrogens is 162 g/mol. The molecule has 3 atom stereocenters. The summed E-state index contributed by atoms with van der Waals surface area (Å²) < 4.78 is 0. The molecule has 74 valence electrons. The number of rotatable bonds is 3. The van der Waals surface area contributed by atoms with Gasteiger partial charge in [0.2, 0.25) is 0 Å². The maximum atomic E-state index is 8.90. The highest BCUT2D eigenvalue weighted by Gasteiger charge is 2.29. The molecule has 1 fully saturated rings. The lowest BCUT2D eigenvalue weighted by Crippen LogP contribution is -2.47. The van der Waals surface area contributed by atoms with Gasteiger partial charge in [-0.2, -0.15) is 5.26 Å². The van der Waals surface area contributed by atoms with Crippen LogP contribution in [0.15, 0.2) is 0 Å². The highest BCUT2D eigenvalue weighted by molar-refractivity contribution is 4.98. The monoisotopic (exact) mass is 181 g/mol. The summed E-state index contributed by atoms with van der Waals surface area (Å²) in [4.78, 5) is 2.42. The minimum absolute atomic E-state index is 0.0412. The maximum Gasteiger partial charge on any atom is 0.110 e. The van der Waals surface area contributed by atoms with Crippen molar-refractivity contribution in [1.82, 2.24) is 10.2 Å². The van der Waals surface area contributed by atoms with E-state index in [9.17, 15) is 0 Å². The zero-order valence-electron chi connectivity index (χ0n) is 8.75. The maximum absolute atomic E-state index is 8.90. The molecule has 13 heavy (non-hydrogen) atoms. The van der Waals surface area contributed by atoms with Gasteiger partial charge in [0.1, 0.15) is 6.04 Å². The van der Waals surface area contributed by atoms with Crippen LogP contribution in [0, 0.1) is 11.3 Å². The van der Waals surface area contributed by atoms with E-state index in [4.69, 9.17) is 5.26 Å². The lowest BCUT2D eigenvalue weighted by Gasteiger charge is -2.31. The average molecular weight is 181 g/mol. The molecule has 0 aromatic rings. The first-order valence-corrected chi connectivity index (χ1v) is 5.03. The van der Waals surface area contributed by atoms with Gasteiger partial charge < -0.3 is 5.32 Å². The Morgan fingerprint density at radius 2 is 2.31 bits per heavy atom. The van der Waals surface area contributed by atoms with Gasteiger partial charge in [0.15, 0.2) is 0 Å². The Hall–Kier alpha value is -0.590. The Morgan fingerprint density at radius 1 is 1.62 bits per heavy atom. The molecule has 1 N–H and O–H groups in total. The van der Waals surface area contributed by atoms with Gasteiger partial charge in [-0.3, -0.25) is 4.90 Å². The third-order valence-electron chi connectivity index (χ3n) is 3.06. The summed E-state index contributed by atoms with van der Waals surface area (Å²) in [6.45, 7) is 5.52. The van der Waals surface area contributed by atoms with Crippen molar-refractivity contribution in [1.29, 1.82) is 5.26 Å². The van der Waals surface area contributed by atoms with Crippen LogP contribution < -0.4 is 5.32 Å². The van der Waals surface area contributed by atoms with Crippen molar-refractivity contribution in [2.75, 3.05) is 13.6 Å². The fraction of sp³-hybridized carbons (Fsp3) is 0.900. The predicted molar refractivity (Wildman–Crippen MR) is 53.3 cm³/mol. The van der Waals surface area contributed by atoms with Crippen LogP contribution in [0.2, 0.25) is 0 Å². The van der Waals surface area contributed by atoms with E-state index in [0.717, 1.165) is 6.54 Å². The van der Waals surface area contributed by atoms with Gasteiger partial charge in [-0.05, 0) is 40.3 Å². The number of likely N-dealkylation sites (tertiary alicyclic amines) is 1. The number of nitrogens with one attached hydrogen (secondary N) is 1. The molecule has 0 spiro atoms. The molecule has 0 aliphatic carbocycles. The van der Waals surface area contributed by atoms with Crippen molar-refractivity contribution in [3.05, 3.63) is 0 Å². The van der Waals surface area contributed by atoms with Gasteiger partial charge >= 0.3 is 0 Å². The first-order chi connectivity index (χ1) is 6.20. The Kier molecular flexibility index (Phi) is 3.71. The van der Waals surface area contributed by atoms with Gasteiger partial charge in [0, 0.05) is 12.1 Å². The second-order valence-electron chi connectivity index (χ2n) is 3.87. The standard InChI is InChI=1S/C10H19N3/c1-8-5-4-6-13(8)9(2)10(7-11)12-3/h8-10,12H,4-6H2,1-3H3. The molecule has 1 saturated heterocycles. The van der Waals surface area contributed by atoms with E-state index in [2.05, 4.69) is 30.1 Å². The van der Waals surface area contributed by atoms with Crippen molar-refractivity contribution in [3.63, 3.8) is 0 Å². The van der Waals surface area contributed by atoms with E-state index >= 15 is 0 Å². The third kappa shape index (κ3) is 2.20. The van der Waals surface area contributed by atoms with E-state index in [1.165, 1.54) is 12.8 Å². The van der Waals surface area contributed by atoms with Crippen LogP contribution in [0.3, 0.4) is 0 Å². The molecule has 0 saturated carbocycles. The first kappa shape index (κ1) is 10.5. The molecule has 1 heterocycles. The molecule has 3 nitrogen and oxygen atoms in total. The molecular formula is C10H19N3. The van der Waals surface area contributed by atoms with Gasteiger partial charge in [0.05, 0.1) is 6.07 Å². The first-order valence-electron chi connectivity index (χ1n) is 5.03. The smallest absolute Gasteiger partial charge is 0.110 e. The largest absolute Gasteiger partial charge is 0.304 e. The zero-order chi connectivity index (χ0) is 9.84. The van der Waals surface area contributed by atoms with Crippen LogP contribution in [-0.2, 0) is 0 Å². The number of nitrogens with zero attached hydrogens (tertiary/aromatic N) is 2.